The van der Waals surface area contributed by atoms with E-state index in [-0.39, 0.29) is 0 Å². The van der Waals surface area contributed by atoms with Crippen LogP contribution >= 0.6 is 11.1 Å². The van der Waals surface area contributed by atoms with Crippen molar-refractivity contribution in [1.29, 1.82) is 0 Å². The van der Waals surface area contributed by atoms with E-state index in [1.165, 1.54) is 22.3 Å². The van der Waals surface area contributed by atoms with Gasteiger partial charge in [0.15, 0.2) is 0 Å². The largest absolute Gasteiger partial charge is 0.176 e. The van der Waals surface area contributed by atoms with Crippen LogP contribution in [0.25, 0.3) is 12.2 Å². The molecule has 0 aliphatic heterocycles. The normalized spacial score (nSPS) is 15.0. The Morgan fingerprint density at radius 2 is 1.16 bits per heavy atom. The Morgan fingerprint density at radius 3 is 1.40 bits per heavy atom. The van der Waals surface area contributed by atoms with Crippen molar-refractivity contribution in [2.45, 2.75) is 44.1 Å². The Balaban J connectivity index is 2.33. The molecule has 0 aromatic heterocycles. The van der Waals surface area contributed by atoms with E-state index in [9.17, 15) is 0 Å². The average molecular weight is 369 g/mol. The number of benzene rings is 2. The molecule has 0 bridgehead atoms. The van der Waals surface area contributed by atoms with Gasteiger partial charge in [-0.1, -0.05) is 87.7 Å². The molecule has 2 aromatic carbocycles. The van der Waals surface area contributed by atoms with Crippen LogP contribution in [-0.4, -0.2) is 8.83 Å². The van der Waals surface area contributed by atoms with Gasteiger partial charge >= 0.3 is 0 Å². The second-order valence-electron chi connectivity index (χ2n) is 6.59. The van der Waals surface area contributed by atoms with Crippen LogP contribution in [0.1, 0.15) is 60.8 Å². The summed E-state index contributed by atoms with van der Waals surface area (Å²) in [5.41, 5.74) is 5.72. The van der Waals surface area contributed by atoms with Crippen LogP contribution in [0.4, 0.5) is 0 Å². The van der Waals surface area contributed by atoms with Gasteiger partial charge in [-0.05, 0) is 52.5 Å². The SMILES string of the molecule is C=Cc1ccc(C(CC)C([SiH2]Cl)C(CC)c2ccc(C=C)cc2)cc1. The molecule has 2 aromatic rings. The first-order valence-electron chi connectivity index (χ1n) is 9.19. The fraction of sp³-hybridized carbons (Fsp3) is 0.304. The van der Waals surface area contributed by atoms with Crippen LogP contribution in [0.3, 0.4) is 0 Å². The smallest absolute Gasteiger partial charge is 0.129 e. The molecule has 0 spiro atoms. The summed E-state index contributed by atoms with van der Waals surface area (Å²) >= 11 is 6.64. The Hall–Kier alpha value is -1.57. The Bertz CT molecular complexity index is 613. The van der Waals surface area contributed by atoms with E-state index in [2.05, 4.69) is 75.5 Å². The molecule has 2 atom stereocenters. The Kier molecular flexibility index (Phi) is 7.73. The van der Waals surface area contributed by atoms with E-state index in [0.717, 1.165) is 12.8 Å². The summed E-state index contributed by atoms with van der Waals surface area (Å²) in [5, 5.41) is 0. The molecule has 0 saturated carbocycles. The van der Waals surface area contributed by atoms with Crippen LogP contribution < -0.4 is 0 Å². The van der Waals surface area contributed by atoms with Crippen molar-refractivity contribution in [1.82, 2.24) is 0 Å². The van der Waals surface area contributed by atoms with Gasteiger partial charge in [0.25, 0.3) is 0 Å². The number of hydrogen-bond acceptors (Lipinski definition) is 0. The molecule has 2 heteroatoms. The molecular formula is C23H29ClSi. The third-order valence-electron chi connectivity index (χ3n) is 5.29. The molecule has 2 unspecified atom stereocenters. The number of halogens is 1. The van der Waals surface area contributed by atoms with Gasteiger partial charge in [-0.25, -0.2) is 0 Å². The van der Waals surface area contributed by atoms with Crippen molar-refractivity contribution in [2.75, 3.05) is 0 Å². The van der Waals surface area contributed by atoms with Gasteiger partial charge in [0.05, 0.1) is 0 Å². The molecule has 0 radical (unpaired) electrons. The highest BCUT2D eigenvalue weighted by molar-refractivity contribution is 6.94. The van der Waals surface area contributed by atoms with E-state index < -0.39 is 8.83 Å². The van der Waals surface area contributed by atoms with Gasteiger partial charge in [-0.15, -0.1) is 0 Å². The summed E-state index contributed by atoms with van der Waals surface area (Å²) < 4.78 is 0. The van der Waals surface area contributed by atoms with Crippen molar-refractivity contribution in [3.63, 3.8) is 0 Å². The first kappa shape index (κ1) is 19.7. The lowest BCUT2D eigenvalue weighted by atomic mass is 9.81. The van der Waals surface area contributed by atoms with Crippen LogP contribution in [0, 0.1) is 0 Å². The average Bonchev–Trinajstić information content (AvgIpc) is 2.68. The fourth-order valence-corrected chi connectivity index (χ4v) is 6.76. The molecule has 0 nitrogen and oxygen atoms in total. The maximum atomic E-state index is 6.64. The van der Waals surface area contributed by atoms with E-state index >= 15 is 0 Å². The minimum Gasteiger partial charge on any atom is -0.176 e. The Labute approximate surface area is 160 Å². The van der Waals surface area contributed by atoms with Crippen LogP contribution in [0.5, 0.6) is 0 Å². The lowest BCUT2D eigenvalue weighted by molar-refractivity contribution is 0.507. The maximum absolute atomic E-state index is 6.64. The van der Waals surface area contributed by atoms with Gasteiger partial charge in [-0.2, -0.15) is 11.1 Å². The van der Waals surface area contributed by atoms with E-state index in [4.69, 9.17) is 11.1 Å². The zero-order chi connectivity index (χ0) is 18.2. The Morgan fingerprint density at radius 1 is 0.800 bits per heavy atom. The third-order valence-corrected chi connectivity index (χ3v) is 7.86. The monoisotopic (exact) mass is 368 g/mol. The number of rotatable bonds is 9. The van der Waals surface area contributed by atoms with Crippen LogP contribution in [-0.2, 0) is 0 Å². The molecule has 0 amide bonds. The summed E-state index contributed by atoms with van der Waals surface area (Å²) in [5.74, 6) is 1.04. The van der Waals surface area contributed by atoms with Crippen molar-refractivity contribution in [3.8, 4) is 0 Å². The maximum Gasteiger partial charge on any atom is 0.129 e. The van der Waals surface area contributed by atoms with Crippen molar-refractivity contribution in [2.24, 2.45) is 0 Å². The first-order chi connectivity index (χ1) is 12.2. The summed E-state index contributed by atoms with van der Waals surface area (Å²) in [6.45, 7) is 12.3. The highest BCUT2D eigenvalue weighted by Gasteiger charge is 2.29. The molecule has 0 heterocycles. The minimum absolute atomic E-state index is 0.520. The third kappa shape index (κ3) is 4.74. The van der Waals surface area contributed by atoms with E-state index in [0.29, 0.717) is 17.4 Å². The molecule has 0 fully saturated rings. The van der Waals surface area contributed by atoms with Crippen LogP contribution in [0.2, 0.25) is 5.54 Å². The molecular weight excluding hydrogens is 340 g/mol. The minimum atomic E-state index is -0.674. The highest BCUT2D eigenvalue weighted by atomic mass is 35.6. The molecule has 0 N–H and O–H groups in total. The molecule has 0 saturated heterocycles. The predicted molar refractivity (Wildman–Crippen MR) is 117 cm³/mol. The molecule has 132 valence electrons. The highest BCUT2D eigenvalue weighted by Crippen LogP contribution is 2.44. The fourth-order valence-electron chi connectivity index (χ4n) is 3.83. The second-order valence-corrected chi connectivity index (χ2v) is 8.77. The lowest BCUT2D eigenvalue weighted by Gasteiger charge is -2.32. The van der Waals surface area contributed by atoms with Gasteiger partial charge < -0.3 is 0 Å². The topological polar surface area (TPSA) is 0 Å². The van der Waals surface area contributed by atoms with Crippen molar-refractivity contribution >= 4 is 32.1 Å². The molecule has 0 aliphatic carbocycles. The molecule has 0 aliphatic rings. The van der Waals surface area contributed by atoms with Gasteiger partial charge in [0.2, 0.25) is 0 Å². The quantitative estimate of drug-likeness (QED) is 0.338. The number of hydrogen-bond donors (Lipinski definition) is 0. The van der Waals surface area contributed by atoms with Gasteiger partial charge in [0, 0.05) is 0 Å². The van der Waals surface area contributed by atoms with E-state index in [1.54, 1.807) is 0 Å². The van der Waals surface area contributed by atoms with Crippen molar-refractivity contribution < 1.29 is 0 Å². The summed E-state index contributed by atoms with van der Waals surface area (Å²) in [6, 6.07) is 17.7. The van der Waals surface area contributed by atoms with Crippen molar-refractivity contribution in [3.05, 3.63) is 83.9 Å². The summed E-state index contributed by atoms with van der Waals surface area (Å²) in [4.78, 5) is 0. The standard InChI is InChI=1S/C23H29ClSi/c1-5-17-9-13-19(14-10-17)21(7-3)23(25-24)22(8-4)20-15-11-18(6-2)12-16-20/h5-6,9-16,21-23H,1-2,7-8,25H2,3-4H3. The lowest BCUT2D eigenvalue weighted by Crippen LogP contribution is -2.18. The van der Waals surface area contributed by atoms with Crippen LogP contribution in [0.15, 0.2) is 61.7 Å². The molecule has 25 heavy (non-hydrogen) atoms. The molecule has 2 rings (SSSR count). The zero-order valence-corrected chi connectivity index (χ0v) is 17.6. The predicted octanol–water partition coefficient (Wildman–Crippen LogP) is 6.77. The summed E-state index contributed by atoms with van der Waals surface area (Å²) in [6.07, 6.45) is 6.04. The second kappa shape index (κ2) is 9.79. The zero-order valence-electron chi connectivity index (χ0n) is 15.4. The van der Waals surface area contributed by atoms with Gasteiger partial charge in [0.1, 0.15) is 8.83 Å². The van der Waals surface area contributed by atoms with Gasteiger partial charge in [-0.3, -0.25) is 0 Å². The summed E-state index contributed by atoms with van der Waals surface area (Å²) in [7, 11) is -0.674. The van der Waals surface area contributed by atoms with E-state index in [1.807, 2.05) is 12.2 Å². The first-order valence-corrected chi connectivity index (χ1v) is 12.1.